The van der Waals surface area contributed by atoms with E-state index < -0.39 is 17.7 Å². The highest BCUT2D eigenvalue weighted by Gasteiger charge is 2.43. The summed E-state index contributed by atoms with van der Waals surface area (Å²) in [5.41, 5.74) is 0.104. The lowest BCUT2D eigenvalue weighted by Gasteiger charge is -2.30. The van der Waals surface area contributed by atoms with Gasteiger partial charge in [0.2, 0.25) is 0 Å². The number of benzene rings is 1. The van der Waals surface area contributed by atoms with E-state index in [2.05, 4.69) is 28.2 Å². The first-order valence-electron chi connectivity index (χ1n) is 7.40. The molecule has 5 atom stereocenters. The van der Waals surface area contributed by atoms with Crippen molar-refractivity contribution in [2.45, 2.75) is 45.9 Å². The molecule has 1 aromatic carbocycles. The normalized spacial score (nSPS) is 30.6. The van der Waals surface area contributed by atoms with Crippen LogP contribution in [0.5, 0.6) is 0 Å². The Morgan fingerprint density at radius 1 is 1.24 bits per heavy atom. The second kappa shape index (κ2) is 6.71. The fourth-order valence-electron chi connectivity index (χ4n) is 3.35. The van der Waals surface area contributed by atoms with Crippen molar-refractivity contribution in [3.63, 3.8) is 0 Å². The third-order valence-corrected chi connectivity index (χ3v) is 5.13. The Bertz CT molecular complexity index is 511. The average Bonchev–Trinajstić information content (AvgIpc) is 2.67. The number of ether oxygens (including phenoxy) is 1. The van der Waals surface area contributed by atoms with Gasteiger partial charge in [0.25, 0.3) is 0 Å². The molecule has 0 bridgehead atoms. The Balaban J connectivity index is 2.47. The first-order chi connectivity index (χ1) is 9.88. The molecular formula is C16H22BrF2NO. The first kappa shape index (κ1) is 16.8. The van der Waals surface area contributed by atoms with Crippen LogP contribution in [0.4, 0.5) is 8.78 Å². The van der Waals surface area contributed by atoms with Crippen LogP contribution in [-0.2, 0) is 4.74 Å². The summed E-state index contributed by atoms with van der Waals surface area (Å²) in [4.78, 5) is 0. The van der Waals surface area contributed by atoms with Gasteiger partial charge < -0.3 is 10.1 Å². The lowest BCUT2D eigenvalue weighted by Crippen LogP contribution is -2.36. The van der Waals surface area contributed by atoms with Gasteiger partial charge in [0.15, 0.2) is 0 Å². The predicted molar refractivity (Wildman–Crippen MR) is 83.1 cm³/mol. The fourth-order valence-corrected chi connectivity index (χ4v) is 3.69. The number of halogens is 3. The van der Waals surface area contributed by atoms with Gasteiger partial charge in [-0.1, -0.05) is 13.8 Å². The van der Waals surface area contributed by atoms with Crippen LogP contribution in [0.15, 0.2) is 16.6 Å². The predicted octanol–water partition coefficient (Wildman–Crippen LogP) is 4.44. The average molecular weight is 362 g/mol. The van der Waals surface area contributed by atoms with Crippen molar-refractivity contribution < 1.29 is 13.5 Å². The van der Waals surface area contributed by atoms with Crippen LogP contribution in [0.2, 0.25) is 0 Å². The highest BCUT2D eigenvalue weighted by molar-refractivity contribution is 9.10. The van der Waals surface area contributed by atoms with Crippen LogP contribution in [0.1, 0.15) is 39.3 Å². The molecule has 0 radical (unpaired) electrons. The van der Waals surface area contributed by atoms with Crippen LogP contribution in [0.25, 0.3) is 0 Å². The molecule has 0 spiro atoms. The first-order valence-corrected chi connectivity index (χ1v) is 8.20. The molecule has 1 aliphatic rings. The van der Waals surface area contributed by atoms with Crippen LogP contribution in [0.3, 0.4) is 0 Å². The zero-order valence-electron chi connectivity index (χ0n) is 12.8. The van der Waals surface area contributed by atoms with Crippen molar-refractivity contribution in [3.05, 3.63) is 33.8 Å². The van der Waals surface area contributed by atoms with E-state index in [4.69, 9.17) is 4.74 Å². The minimum Gasteiger partial charge on any atom is -0.375 e. The molecule has 0 amide bonds. The quantitative estimate of drug-likeness (QED) is 0.800. The number of hydrogen-bond donors (Lipinski definition) is 1. The molecule has 1 N–H and O–H groups in total. The highest BCUT2D eigenvalue weighted by atomic mass is 79.9. The summed E-state index contributed by atoms with van der Waals surface area (Å²) in [6.07, 6.45) is 0.0428. The van der Waals surface area contributed by atoms with Gasteiger partial charge in [-0.2, -0.15) is 0 Å². The van der Waals surface area contributed by atoms with Gasteiger partial charge in [-0.15, -0.1) is 0 Å². The zero-order valence-corrected chi connectivity index (χ0v) is 14.4. The summed E-state index contributed by atoms with van der Waals surface area (Å²) in [6.45, 7) is 8.65. The van der Waals surface area contributed by atoms with E-state index in [-0.39, 0.29) is 34.1 Å². The second-order valence-corrected chi connectivity index (χ2v) is 6.63. The van der Waals surface area contributed by atoms with Crippen LogP contribution in [-0.4, -0.2) is 18.8 Å². The van der Waals surface area contributed by atoms with Gasteiger partial charge in [0.05, 0.1) is 16.7 Å². The minimum absolute atomic E-state index is 0.0262. The summed E-state index contributed by atoms with van der Waals surface area (Å²) in [5, 5.41) is 3.25. The number of nitrogens with one attached hydrogen (secondary N) is 1. The molecule has 0 aromatic heterocycles. The Morgan fingerprint density at radius 3 is 2.43 bits per heavy atom. The molecule has 1 saturated heterocycles. The molecule has 5 unspecified atom stereocenters. The summed E-state index contributed by atoms with van der Waals surface area (Å²) in [6, 6.07) is 2.31. The van der Waals surface area contributed by atoms with Crippen molar-refractivity contribution in [1.29, 1.82) is 0 Å². The Kier molecular flexibility index (Phi) is 5.38. The smallest absolute Gasteiger partial charge is 0.145 e. The van der Waals surface area contributed by atoms with Crippen LogP contribution < -0.4 is 5.32 Å². The van der Waals surface area contributed by atoms with Crippen molar-refractivity contribution in [2.24, 2.45) is 11.8 Å². The largest absolute Gasteiger partial charge is 0.375 e. The molecule has 0 saturated carbocycles. The summed E-state index contributed by atoms with van der Waals surface area (Å²) < 4.78 is 34.9. The second-order valence-electron chi connectivity index (χ2n) is 5.78. The van der Waals surface area contributed by atoms with E-state index in [1.165, 1.54) is 12.1 Å². The molecule has 1 heterocycles. The van der Waals surface area contributed by atoms with E-state index in [1.54, 1.807) is 0 Å². The summed E-state index contributed by atoms with van der Waals surface area (Å²) in [5.74, 6) is -0.791. The molecule has 118 valence electrons. The summed E-state index contributed by atoms with van der Waals surface area (Å²) in [7, 11) is 0. The van der Waals surface area contributed by atoms with E-state index in [0.29, 0.717) is 6.54 Å². The van der Waals surface area contributed by atoms with Crippen LogP contribution in [0, 0.1) is 23.5 Å². The van der Waals surface area contributed by atoms with Gasteiger partial charge in [0, 0.05) is 17.5 Å². The maximum absolute atomic E-state index is 14.5. The molecule has 21 heavy (non-hydrogen) atoms. The fraction of sp³-hybridized carbons (Fsp3) is 0.625. The van der Waals surface area contributed by atoms with E-state index in [0.717, 1.165) is 0 Å². The Morgan fingerprint density at radius 2 is 1.90 bits per heavy atom. The monoisotopic (exact) mass is 361 g/mol. The topological polar surface area (TPSA) is 21.3 Å². The van der Waals surface area contributed by atoms with Gasteiger partial charge in [0.1, 0.15) is 11.6 Å². The molecule has 5 heteroatoms. The lowest BCUT2D eigenvalue weighted by atomic mass is 9.80. The molecule has 1 aromatic rings. The number of hydrogen-bond acceptors (Lipinski definition) is 2. The van der Waals surface area contributed by atoms with Crippen molar-refractivity contribution in [2.75, 3.05) is 6.54 Å². The summed E-state index contributed by atoms with van der Waals surface area (Å²) >= 11 is 3.15. The van der Waals surface area contributed by atoms with Crippen molar-refractivity contribution in [3.8, 4) is 0 Å². The Labute approximate surface area is 133 Å². The Hall–Kier alpha value is -0.520. The third-order valence-electron chi connectivity index (χ3n) is 4.52. The maximum Gasteiger partial charge on any atom is 0.145 e. The maximum atomic E-state index is 14.5. The molecule has 2 rings (SSSR count). The van der Waals surface area contributed by atoms with Gasteiger partial charge >= 0.3 is 0 Å². The molecule has 2 nitrogen and oxygen atoms in total. The van der Waals surface area contributed by atoms with E-state index in [1.807, 2.05) is 20.8 Å². The zero-order chi connectivity index (χ0) is 15.7. The van der Waals surface area contributed by atoms with Crippen LogP contribution >= 0.6 is 15.9 Å². The highest BCUT2D eigenvalue weighted by Crippen LogP contribution is 2.42. The minimum atomic E-state index is -0.528. The molecule has 1 fully saturated rings. The van der Waals surface area contributed by atoms with Crippen molar-refractivity contribution in [1.82, 2.24) is 5.32 Å². The standard InChI is InChI=1S/C16H22BrF2NO/c1-5-20-16(13-8(2)9(3)21-10(13)4)14-12(18)7-6-11(17)15(14)19/h6-10,13,16,20H,5H2,1-4H3. The van der Waals surface area contributed by atoms with Gasteiger partial charge in [-0.05, 0) is 54.4 Å². The van der Waals surface area contributed by atoms with E-state index >= 15 is 0 Å². The van der Waals surface area contributed by atoms with Crippen molar-refractivity contribution >= 4 is 15.9 Å². The molecule has 0 aliphatic carbocycles. The SMILES string of the molecule is CCNC(c1c(F)ccc(Br)c1F)C1C(C)OC(C)C1C. The molecular weight excluding hydrogens is 340 g/mol. The lowest BCUT2D eigenvalue weighted by molar-refractivity contribution is 0.0473. The van der Waals surface area contributed by atoms with Gasteiger partial charge in [-0.25, -0.2) is 8.78 Å². The molecule has 1 aliphatic heterocycles. The number of rotatable bonds is 4. The van der Waals surface area contributed by atoms with E-state index in [9.17, 15) is 8.78 Å². The third kappa shape index (κ3) is 3.15. The van der Waals surface area contributed by atoms with Gasteiger partial charge in [-0.3, -0.25) is 0 Å².